The van der Waals surface area contributed by atoms with E-state index in [2.05, 4.69) is 10.3 Å². The lowest BCUT2D eigenvalue weighted by atomic mass is 10.1. The fourth-order valence-electron chi connectivity index (χ4n) is 0.903. The highest BCUT2D eigenvalue weighted by Gasteiger charge is 2.18. The molecule has 0 saturated heterocycles. The highest BCUT2D eigenvalue weighted by molar-refractivity contribution is 5.61. The summed E-state index contributed by atoms with van der Waals surface area (Å²) in [5.74, 6) is 0. The molecule has 0 aromatic heterocycles. The Balaban J connectivity index is 2.78. The van der Waals surface area contributed by atoms with Crippen LogP contribution in [-0.2, 0) is 0 Å². The van der Waals surface area contributed by atoms with Crippen LogP contribution in [0.5, 0.6) is 0 Å². The molecule has 4 nitrogen and oxygen atoms in total. The highest BCUT2D eigenvalue weighted by atomic mass is 15.1. The van der Waals surface area contributed by atoms with E-state index in [1.807, 2.05) is 19.9 Å². The summed E-state index contributed by atoms with van der Waals surface area (Å²) >= 11 is 0. The Labute approximate surface area is 66.4 Å². The molecule has 0 amide bonds. The van der Waals surface area contributed by atoms with Crippen LogP contribution < -0.4 is 16.8 Å². The number of hydrogen-bond acceptors (Lipinski definition) is 4. The van der Waals surface area contributed by atoms with Gasteiger partial charge in [-0.1, -0.05) is 0 Å². The first kappa shape index (κ1) is 8.23. The molecular formula is C7H14N4. The number of rotatable bonds is 1. The van der Waals surface area contributed by atoms with E-state index in [0.717, 1.165) is 5.70 Å². The molecule has 1 aliphatic heterocycles. The van der Waals surface area contributed by atoms with Crippen molar-refractivity contribution in [1.82, 2.24) is 5.32 Å². The summed E-state index contributed by atoms with van der Waals surface area (Å²) in [6.45, 7) is 3.72. The standard InChI is InChI=1S/C7H14N4/c1-5(8)6-3-7(2,9)11-4-10-6/h3-5H,8-9H2,1-2H3,(H,10,11). The third kappa shape index (κ3) is 2.03. The first-order valence-electron chi connectivity index (χ1n) is 3.59. The average molecular weight is 154 g/mol. The van der Waals surface area contributed by atoms with Gasteiger partial charge in [-0.25, -0.2) is 4.99 Å². The van der Waals surface area contributed by atoms with Gasteiger partial charge in [0.1, 0.15) is 5.66 Å². The predicted octanol–water partition coefficient (Wildman–Crippen LogP) is -0.476. The minimum Gasteiger partial charge on any atom is -0.349 e. The molecule has 0 spiro atoms. The molecule has 62 valence electrons. The van der Waals surface area contributed by atoms with Crippen LogP contribution in [0.25, 0.3) is 0 Å². The van der Waals surface area contributed by atoms with Gasteiger partial charge in [-0.3, -0.25) is 0 Å². The molecule has 4 heteroatoms. The normalized spacial score (nSPS) is 32.5. The monoisotopic (exact) mass is 154 g/mol. The Kier molecular flexibility index (Phi) is 1.97. The van der Waals surface area contributed by atoms with E-state index in [1.165, 1.54) is 0 Å². The molecule has 0 saturated carbocycles. The average Bonchev–Trinajstić information content (AvgIpc) is 1.85. The summed E-state index contributed by atoms with van der Waals surface area (Å²) in [5.41, 5.74) is 11.7. The lowest BCUT2D eigenvalue weighted by Gasteiger charge is -2.23. The van der Waals surface area contributed by atoms with Gasteiger partial charge in [0.05, 0.1) is 6.34 Å². The van der Waals surface area contributed by atoms with Crippen molar-refractivity contribution in [2.45, 2.75) is 25.6 Å². The van der Waals surface area contributed by atoms with Crippen LogP contribution in [0.4, 0.5) is 0 Å². The van der Waals surface area contributed by atoms with Crippen molar-refractivity contribution in [3.8, 4) is 0 Å². The van der Waals surface area contributed by atoms with Gasteiger partial charge in [0.25, 0.3) is 0 Å². The van der Waals surface area contributed by atoms with Gasteiger partial charge in [-0.2, -0.15) is 0 Å². The van der Waals surface area contributed by atoms with Crippen LogP contribution in [0.2, 0.25) is 0 Å². The summed E-state index contributed by atoms with van der Waals surface area (Å²) in [5, 5.41) is 2.94. The van der Waals surface area contributed by atoms with E-state index >= 15 is 0 Å². The largest absolute Gasteiger partial charge is 0.349 e. The van der Waals surface area contributed by atoms with Crippen LogP contribution >= 0.6 is 0 Å². The first-order chi connectivity index (χ1) is 5.01. The van der Waals surface area contributed by atoms with Crippen molar-refractivity contribution in [3.05, 3.63) is 11.8 Å². The van der Waals surface area contributed by atoms with Crippen molar-refractivity contribution >= 4 is 6.34 Å². The summed E-state index contributed by atoms with van der Waals surface area (Å²) in [6.07, 6.45) is 3.41. The number of hydrogen-bond donors (Lipinski definition) is 3. The second-order valence-electron chi connectivity index (χ2n) is 3.02. The van der Waals surface area contributed by atoms with E-state index in [-0.39, 0.29) is 6.04 Å². The minimum absolute atomic E-state index is 0.0235. The Hall–Kier alpha value is -0.870. The number of nitrogens with two attached hydrogens (primary N) is 2. The molecule has 1 aliphatic rings. The third-order valence-corrected chi connectivity index (χ3v) is 1.51. The van der Waals surface area contributed by atoms with Crippen molar-refractivity contribution in [3.63, 3.8) is 0 Å². The predicted molar refractivity (Wildman–Crippen MR) is 46.0 cm³/mol. The van der Waals surface area contributed by atoms with Gasteiger partial charge in [-0.15, -0.1) is 0 Å². The van der Waals surface area contributed by atoms with Crippen LogP contribution in [0.1, 0.15) is 13.8 Å². The maximum atomic E-state index is 5.74. The molecule has 5 N–H and O–H groups in total. The van der Waals surface area contributed by atoms with Crippen molar-refractivity contribution in [2.24, 2.45) is 16.5 Å². The Morgan fingerprint density at radius 3 is 2.73 bits per heavy atom. The Morgan fingerprint density at radius 2 is 2.36 bits per heavy atom. The van der Waals surface area contributed by atoms with Crippen molar-refractivity contribution in [1.29, 1.82) is 0 Å². The van der Waals surface area contributed by atoms with E-state index in [1.54, 1.807) is 6.34 Å². The summed E-state index contributed by atoms with van der Waals surface area (Å²) < 4.78 is 0. The second-order valence-corrected chi connectivity index (χ2v) is 3.02. The molecule has 2 unspecified atom stereocenters. The highest BCUT2D eigenvalue weighted by Crippen LogP contribution is 2.10. The zero-order valence-electron chi connectivity index (χ0n) is 6.83. The maximum Gasteiger partial charge on any atom is 0.127 e. The number of nitrogens with zero attached hydrogens (tertiary/aromatic N) is 1. The fraction of sp³-hybridized carbons (Fsp3) is 0.571. The molecule has 1 rings (SSSR count). The van der Waals surface area contributed by atoms with Crippen molar-refractivity contribution < 1.29 is 0 Å². The van der Waals surface area contributed by atoms with Gasteiger partial charge >= 0.3 is 0 Å². The van der Waals surface area contributed by atoms with Crippen LogP contribution in [0.3, 0.4) is 0 Å². The van der Waals surface area contributed by atoms with Gasteiger partial charge in [0.2, 0.25) is 0 Å². The molecule has 0 aromatic carbocycles. The summed E-state index contributed by atoms with van der Waals surface area (Å²) in [7, 11) is 0. The topological polar surface area (TPSA) is 76.4 Å². The zero-order valence-corrected chi connectivity index (χ0v) is 6.83. The van der Waals surface area contributed by atoms with Crippen LogP contribution in [-0.4, -0.2) is 18.0 Å². The molecule has 2 atom stereocenters. The van der Waals surface area contributed by atoms with E-state index in [4.69, 9.17) is 11.5 Å². The van der Waals surface area contributed by atoms with Gasteiger partial charge in [0, 0.05) is 11.7 Å². The smallest absolute Gasteiger partial charge is 0.127 e. The Morgan fingerprint density at radius 1 is 1.73 bits per heavy atom. The zero-order chi connectivity index (χ0) is 8.48. The van der Waals surface area contributed by atoms with Crippen molar-refractivity contribution in [2.75, 3.05) is 0 Å². The third-order valence-electron chi connectivity index (χ3n) is 1.51. The first-order valence-corrected chi connectivity index (χ1v) is 3.59. The maximum absolute atomic E-state index is 5.74. The Bertz CT molecular complexity index is 202. The van der Waals surface area contributed by atoms with E-state index in [0.29, 0.717) is 0 Å². The molecule has 11 heavy (non-hydrogen) atoms. The SMILES string of the molecule is CC(N)C1=CC(C)(N)N=CN1. The molecule has 0 aliphatic carbocycles. The molecule has 0 fully saturated rings. The van der Waals surface area contributed by atoms with Gasteiger partial charge < -0.3 is 16.8 Å². The number of aliphatic imine (C=N–C) groups is 1. The summed E-state index contributed by atoms with van der Waals surface area (Å²) in [6, 6.07) is -0.0235. The fourth-order valence-corrected chi connectivity index (χ4v) is 0.903. The molecule has 0 aromatic rings. The summed E-state index contributed by atoms with van der Waals surface area (Å²) in [4.78, 5) is 4.00. The van der Waals surface area contributed by atoms with Gasteiger partial charge in [-0.05, 0) is 19.9 Å². The van der Waals surface area contributed by atoms with E-state index < -0.39 is 5.66 Å². The van der Waals surface area contributed by atoms with Gasteiger partial charge in [0.15, 0.2) is 0 Å². The second kappa shape index (κ2) is 2.64. The molecule has 1 heterocycles. The molecule has 0 bridgehead atoms. The minimum atomic E-state index is -0.603. The van der Waals surface area contributed by atoms with E-state index in [9.17, 15) is 0 Å². The number of nitrogens with one attached hydrogen (secondary N) is 1. The quantitative estimate of drug-likeness (QED) is 0.477. The van der Waals surface area contributed by atoms with Crippen LogP contribution in [0.15, 0.2) is 16.8 Å². The lowest BCUT2D eigenvalue weighted by Crippen LogP contribution is -2.41. The lowest BCUT2D eigenvalue weighted by molar-refractivity contribution is 0.591. The van der Waals surface area contributed by atoms with Crippen LogP contribution in [0, 0.1) is 0 Å². The molecular weight excluding hydrogens is 140 g/mol. The molecule has 0 radical (unpaired) electrons.